The van der Waals surface area contributed by atoms with Crippen molar-refractivity contribution in [2.45, 2.75) is 136 Å². The maximum absolute atomic E-state index is 10.7. The van der Waals surface area contributed by atoms with Crippen LogP contribution in [0.5, 0.6) is 17.2 Å². The van der Waals surface area contributed by atoms with Crippen molar-refractivity contribution in [2.75, 3.05) is 19.8 Å². The molecule has 0 atom stereocenters. The number of ether oxygens (including phenoxy) is 3. The predicted octanol–water partition coefficient (Wildman–Crippen LogP) is 12.4. The number of aromatic carboxylic acids is 3. The van der Waals surface area contributed by atoms with E-state index in [2.05, 4.69) is 20.8 Å². The third kappa shape index (κ3) is 27.9. The molecule has 0 aromatic heterocycles. The van der Waals surface area contributed by atoms with Gasteiger partial charge in [-0.25, -0.2) is 14.4 Å². The summed E-state index contributed by atoms with van der Waals surface area (Å²) in [5.74, 6) is -0.483. The van der Waals surface area contributed by atoms with E-state index < -0.39 is 17.9 Å². The average molecular weight is 910 g/mol. The second-order valence-electron chi connectivity index (χ2n) is 13.3. The van der Waals surface area contributed by atoms with Crippen LogP contribution in [0.1, 0.15) is 167 Å². The monoisotopic (exact) mass is 909 g/mol. The van der Waals surface area contributed by atoms with E-state index in [0.717, 1.165) is 36.5 Å². The van der Waals surface area contributed by atoms with Gasteiger partial charge >= 0.3 is 17.9 Å². The summed E-state index contributed by atoms with van der Waals surface area (Å²) in [4.78, 5) is 32.0. The Kier molecular flexibility index (Phi) is 33.1. The summed E-state index contributed by atoms with van der Waals surface area (Å²) in [6.07, 6.45) is 22.3. The molecule has 3 N–H and O–H groups in total. The Hall–Kier alpha value is -3.24. The van der Waals surface area contributed by atoms with Gasteiger partial charge in [0, 0.05) is 38.6 Å². The van der Waals surface area contributed by atoms with Gasteiger partial charge < -0.3 is 29.5 Å². The third-order valence-corrected chi connectivity index (χ3v) is 8.60. The fourth-order valence-electron chi connectivity index (χ4n) is 5.30. The molecule has 0 saturated heterocycles. The summed E-state index contributed by atoms with van der Waals surface area (Å²) in [7, 11) is 0. The van der Waals surface area contributed by atoms with Crippen LogP contribution in [0.25, 0.3) is 0 Å². The molecule has 0 saturated carbocycles. The van der Waals surface area contributed by atoms with Gasteiger partial charge in [0.25, 0.3) is 0 Å². The van der Waals surface area contributed by atoms with Gasteiger partial charge in [0.2, 0.25) is 0 Å². The van der Waals surface area contributed by atoms with Crippen LogP contribution in [0.3, 0.4) is 0 Å². The Bertz CT molecular complexity index is 1210. The zero-order chi connectivity index (χ0) is 39.7. The fraction of sp³-hybridized carbons (Fsp3) is 0.533. The van der Waals surface area contributed by atoms with Crippen LogP contribution in [-0.4, -0.2) is 53.0 Å². The topological polar surface area (TPSA) is 140 Å². The van der Waals surface area contributed by atoms with E-state index in [0.29, 0.717) is 36.5 Å². The number of hydrogen-bond donors (Lipinski definition) is 3. The number of carbonyl (C=O) groups is 3. The molecule has 0 fully saturated rings. The summed E-state index contributed by atoms with van der Waals surface area (Å²) < 4.78 is 16.7. The van der Waals surface area contributed by atoms with Crippen molar-refractivity contribution < 1.29 is 82.5 Å². The van der Waals surface area contributed by atoms with Gasteiger partial charge in [0.15, 0.2) is 0 Å². The van der Waals surface area contributed by atoms with Gasteiger partial charge in [0.05, 0.1) is 36.5 Å². The average Bonchev–Trinajstić information content (AvgIpc) is 3.18. The zero-order valence-electron chi connectivity index (χ0n) is 33.4. The Labute approximate surface area is 361 Å². The molecule has 0 aliphatic heterocycles. The number of benzene rings is 3. The van der Waals surface area contributed by atoms with Gasteiger partial charge in [-0.3, -0.25) is 0 Å². The summed E-state index contributed by atoms with van der Waals surface area (Å²) in [5, 5.41) is 26.3. The van der Waals surface area contributed by atoms with Crippen LogP contribution in [0.2, 0.25) is 0 Å². The molecule has 309 valence electrons. The summed E-state index contributed by atoms with van der Waals surface area (Å²) in [5.41, 5.74) is 0.880. The Morgan fingerprint density at radius 1 is 0.364 bits per heavy atom. The molecule has 3 rings (SSSR count). The summed E-state index contributed by atoms with van der Waals surface area (Å²) >= 11 is 0. The second-order valence-corrected chi connectivity index (χ2v) is 13.3. The Morgan fingerprint density at radius 3 is 0.764 bits per heavy atom. The Morgan fingerprint density at radius 2 is 0.564 bits per heavy atom. The van der Waals surface area contributed by atoms with Gasteiger partial charge in [0.1, 0.15) is 17.2 Å². The molecule has 3 aromatic rings. The predicted molar refractivity (Wildman–Crippen MR) is 217 cm³/mol. The largest absolute Gasteiger partial charge is 0.494 e. The minimum atomic E-state index is -0.905. The van der Waals surface area contributed by atoms with Gasteiger partial charge in [-0.05, 0) is 92.1 Å². The maximum Gasteiger partial charge on any atom is 0.335 e. The van der Waals surface area contributed by atoms with Crippen molar-refractivity contribution >= 4 is 17.9 Å². The van der Waals surface area contributed by atoms with E-state index in [1.165, 1.54) is 96.3 Å². The number of carboxylic acid groups (broad SMARTS) is 3. The van der Waals surface area contributed by atoms with Crippen LogP contribution in [0.4, 0.5) is 0 Å². The second kappa shape index (κ2) is 35.2. The number of rotatable bonds is 27. The first kappa shape index (κ1) is 51.8. The quantitative estimate of drug-likeness (QED) is 0.0638. The molecular weight excluding hydrogens is 843 g/mol. The number of unbranched alkanes of at least 4 members (excludes halogenated alkanes) is 15. The van der Waals surface area contributed by atoms with Crippen molar-refractivity contribution in [2.24, 2.45) is 0 Å². The minimum absolute atomic E-state index is 0. The van der Waals surface area contributed by atoms with Crippen molar-refractivity contribution in [1.29, 1.82) is 0 Å². The molecular formula is C45H66O9Tb. The standard InChI is InChI=1S/3C15H22O3.Tb/c3*1-2-3-4-5-6-7-12-18-14-10-8-13(9-11-14)15(16)17;/h3*8-11H,2-7,12H2,1H3,(H,16,17);. The molecule has 3 aromatic carbocycles. The fourth-order valence-corrected chi connectivity index (χ4v) is 5.30. The minimum Gasteiger partial charge on any atom is -0.494 e. The molecule has 1 radical (unpaired) electrons. The van der Waals surface area contributed by atoms with Crippen molar-refractivity contribution in [3.63, 3.8) is 0 Å². The normalized spacial score (nSPS) is 10.1. The number of carboxylic acids is 3. The van der Waals surface area contributed by atoms with E-state index in [-0.39, 0.29) is 38.6 Å². The van der Waals surface area contributed by atoms with Crippen molar-refractivity contribution in [3.8, 4) is 17.2 Å². The van der Waals surface area contributed by atoms with Crippen LogP contribution in [0.15, 0.2) is 72.8 Å². The van der Waals surface area contributed by atoms with Crippen LogP contribution < -0.4 is 14.2 Å². The van der Waals surface area contributed by atoms with Gasteiger partial charge in [-0.15, -0.1) is 0 Å². The maximum atomic E-state index is 10.7. The molecule has 0 heterocycles. The van der Waals surface area contributed by atoms with Crippen LogP contribution >= 0.6 is 0 Å². The molecule has 9 nitrogen and oxygen atoms in total. The van der Waals surface area contributed by atoms with E-state index in [9.17, 15) is 14.4 Å². The Balaban J connectivity index is 0.000000788. The summed E-state index contributed by atoms with van der Waals surface area (Å²) in [6, 6.07) is 19.7. The first-order chi connectivity index (χ1) is 26.2. The molecule has 55 heavy (non-hydrogen) atoms. The third-order valence-electron chi connectivity index (χ3n) is 8.60. The SMILES string of the molecule is CCCCCCCCOc1ccc(C(=O)O)cc1.CCCCCCCCOc1ccc(C(=O)O)cc1.CCCCCCCCOc1ccc(C(=O)O)cc1.[Tb]. The smallest absolute Gasteiger partial charge is 0.335 e. The van der Waals surface area contributed by atoms with Crippen molar-refractivity contribution in [3.05, 3.63) is 89.5 Å². The molecule has 0 amide bonds. The van der Waals surface area contributed by atoms with E-state index in [1.54, 1.807) is 72.8 Å². The molecule has 0 unspecified atom stereocenters. The first-order valence-corrected chi connectivity index (χ1v) is 20.1. The van der Waals surface area contributed by atoms with E-state index >= 15 is 0 Å². The molecule has 0 spiro atoms. The first-order valence-electron chi connectivity index (χ1n) is 20.1. The van der Waals surface area contributed by atoms with Crippen LogP contribution in [-0.2, 0) is 0 Å². The van der Waals surface area contributed by atoms with Gasteiger partial charge in [-0.2, -0.15) is 0 Å². The molecule has 10 heteroatoms. The van der Waals surface area contributed by atoms with Crippen molar-refractivity contribution in [1.82, 2.24) is 0 Å². The summed E-state index contributed by atoms with van der Waals surface area (Å²) in [6.45, 7) is 8.76. The van der Waals surface area contributed by atoms with E-state index in [4.69, 9.17) is 29.5 Å². The van der Waals surface area contributed by atoms with E-state index in [1.807, 2.05) is 0 Å². The molecule has 0 aliphatic carbocycles. The number of hydrogen-bond acceptors (Lipinski definition) is 6. The van der Waals surface area contributed by atoms with Crippen LogP contribution in [0, 0.1) is 38.6 Å². The van der Waals surface area contributed by atoms with Gasteiger partial charge in [-0.1, -0.05) is 117 Å². The zero-order valence-corrected chi connectivity index (χ0v) is 35.5. The molecule has 0 aliphatic rings. The molecule has 0 bridgehead atoms.